The van der Waals surface area contributed by atoms with Gasteiger partial charge >= 0.3 is 0 Å². The molecule has 1 heterocycles. The van der Waals surface area contributed by atoms with Crippen molar-refractivity contribution in [2.75, 3.05) is 31.1 Å². The minimum Gasteiger partial charge on any atom is -0.329 e. The van der Waals surface area contributed by atoms with E-state index in [2.05, 4.69) is 23.6 Å². The molecule has 0 aromatic heterocycles. The summed E-state index contributed by atoms with van der Waals surface area (Å²) in [4.78, 5) is 2.64. The van der Waals surface area contributed by atoms with Crippen LogP contribution in [0.1, 0.15) is 19.8 Å². The fraction of sp³-hybridized carbons (Fsp3) is 1.00. The van der Waals surface area contributed by atoms with E-state index in [0.717, 1.165) is 12.5 Å². The first-order valence-electron chi connectivity index (χ1n) is 5.30. The van der Waals surface area contributed by atoms with Crippen LogP contribution in [-0.2, 0) is 0 Å². The topological polar surface area (TPSA) is 29.3 Å². The Morgan fingerprint density at radius 3 is 2.46 bits per heavy atom. The van der Waals surface area contributed by atoms with Crippen LogP contribution in [0.25, 0.3) is 0 Å². The second kappa shape index (κ2) is 3.79. The van der Waals surface area contributed by atoms with Gasteiger partial charge in [-0.25, -0.2) is 0 Å². The summed E-state index contributed by atoms with van der Waals surface area (Å²) < 4.78 is 0. The molecule has 76 valence electrons. The maximum Gasteiger partial charge on any atom is 0.0337 e. The molecule has 2 N–H and O–H groups in total. The molecule has 0 atom stereocenters. The predicted octanol–water partition coefficient (Wildman–Crippen LogP) is 1.16. The first kappa shape index (κ1) is 9.81. The molecule has 0 radical (unpaired) electrons. The van der Waals surface area contributed by atoms with Crippen molar-refractivity contribution >= 4 is 11.8 Å². The summed E-state index contributed by atoms with van der Waals surface area (Å²) in [6.45, 7) is 5.72. The fourth-order valence-electron chi connectivity index (χ4n) is 2.83. The summed E-state index contributed by atoms with van der Waals surface area (Å²) in [5.41, 5.74) is 6.32. The van der Waals surface area contributed by atoms with E-state index in [0.29, 0.717) is 5.54 Å². The Bertz CT molecular complexity index is 172. The van der Waals surface area contributed by atoms with E-state index in [1.165, 1.54) is 37.4 Å². The zero-order valence-electron chi connectivity index (χ0n) is 8.46. The van der Waals surface area contributed by atoms with Crippen molar-refractivity contribution in [1.29, 1.82) is 0 Å². The third kappa shape index (κ3) is 1.74. The average Bonchev–Trinajstić information content (AvgIpc) is 2.14. The molecular weight excluding hydrogens is 180 g/mol. The Labute approximate surface area is 85.2 Å². The van der Waals surface area contributed by atoms with Crippen LogP contribution in [0.4, 0.5) is 0 Å². The molecule has 0 bridgehead atoms. The smallest absolute Gasteiger partial charge is 0.0337 e. The molecule has 1 aliphatic carbocycles. The van der Waals surface area contributed by atoms with E-state index in [-0.39, 0.29) is 0 Å². The largest absolute Gasteiger partial charge is 0.329 e. The molecule has 3 heteroatoms. The highest BCUT2D eigenvalue weighted by atomic mass is 32.2. The lowest BCUT2D eigenvalue weighted by molar-refractivity contribution is -0.00590. The van der Waals surface area contributed by atoms with E-state index in [4.69, 9.17) is 5.73 Å². The first-order valence-corrected chi connectivity index (χ1v) is 6.45. The standard InChI is InChI=1S/C10H20N2S/c1-9-6-10(7-9,8-11)12-2-4-13-5-3-12/h9H,2-8,11H2,1H3. The van der Waals surface area contributed by atoms with Gasteiger partial charge in [-0.15, -0.1) is 0 Å². The number of thioether (sulfide) groups is 1. The van der Waals surface area contributed by atoms with E-state index in [1.807, 2.05) is 0 Å². The maximum absolute atomic E-state index is 5.91. The van der Waals surface area contributed by atoms with Crippen LogP contribution in [0.15, 0.2) is 0 Å². The predicted molar refractivity (Wildman–Crippen MR) is 59.1 cm³/mol. The van der Waals surface area contributed by atoms with Gasteiger partial charge in [0.2, 0.25) is 0 Å². The molecule has 2 aliphatic rings. The first-order chi connectivity index (χ1) is 6.27. The molecule has 1 saturated carbocycles. The monoisotopic (exact) mass is 200 g/mol. The third-order valence-corrected chi connectivity index (χ3v) is 4.46. The Hall–Kier alpha value is 0.270. The summed E-state index contributed by atoms with van der Waals surface area (Å²) in [5, 5.41) is 0. The number of nitrogens with two attached hydrogens (primary N) is 1. The molecule has 1 saturated heterocycles. The lowest BCUT2D eigenvalue weighted by atomic mass is 9.68. The second-order valence-electron chi connectivity index (χ2n) is 4.54. The second-order valence-corrected chi connectivity index (χ2v) is 5.77. The molecular formula is C10H20N2S. The van der Waals surface area contributed by atoms with Gasteiger partial charge in [-0.2, -0.15) is 11.8 Å². The molecule has 0 aromatic carbocycles. The summed E-state index contributed by atoms with van der Waals surface area (Å²) in [6, 6.07) is 0. The van der Waals surface area contributed by atoms with Crippen molar-refractivity contribution in [3.63, 3.8) is 0 Å². The van der Waals surface area contributed by atoms with Crippen LogP contribution in [0, 0.1) is 5.92 Å². The van der Waals surface area contributed by atoms with Crippen molar-refractivity contribution in [3.8, 4) is 0 Å². The number of hydrogen-bond donors (Lipinski definition) is 1. The van der Waals surface area contributed by atoms with Crippen molar-refractivity contribution in [1.82, 2.24) is 4.90 Å². The summed E-state index contributed by atoms with van der Waals surface area (Å²) in [6.07, 6.45) is 2.66. The maximum atomic E-state index is 5.91. The van der Waals surface area contributed by atoms with E-state index in [1.54, 1.807) is 0 Å². The molecule has 0 aromatic rings. The van der Waals surface area contributed by atoms with E-state index in [9.17, 15) is 0 Å². The highest BCUT2D eigenvalue weighted by molar-refractivity contribution is 7.99. The van der Waals surface area contributed by atoms with Gasteiger partial charge in [-0.3, -0.25) is 4.90 Å². The number of nitrogens with zero attached hydrogens (tertiary/aromatic N) is 1. The normalized spacial score (nSPS) is 41.5. The van der Waals surface area contributed by atoms with Crippen LogP contribution >= 0.6 is 11.8 Å². The van der Waals surface area contributed by atoms with Crippen LogP contribution in [0.5, 0.6) is 0 Å². The highest BCUT2D eigenvalue weighted by Crippen LogP contribution is 2.42. The Balaban J connectivity index is 1.95. The van der Waals surface area contributed by atoms with Gasteiger partial charge in [-0.05, 0) is 18.8 Å². The number of hydrogen-bond acceptors (Lipinski definition) is 3. The molecule has 2 fully saturated rings. The van der Waals surface area contributed by atoms with Crippen molar-refractivity contribution < 1.29 is 0 Å². The van der Waals surface area contributed by atoms with Crippen molar-refractivity contribution in [3.05, 3.63) is 0 Å². The molecule has 0 unspecified atom stereocenters. The summed E-state index contributed by atoms with van der Waals surface area (Å²) in [5.74, 6) is 3.50. The van der Waals surface area contributed by atoms with Gasteiger partial charge in [-0.1, -0.05) is 6.92 Å². The van der Waals surface area contributed by atoms with E-state index >= 15 is 0 Å². The minimum atomic E-state index is 0.403. The summed E-state index contributed by atoms with van der Waals surface area (Å²) >= 11 is 2.08. The third-order valence-electron chi connectivity index (χ3n) is 3.52. The van der Waals surface area contributed by atoms with Crippen molar-refractivity contribution in [2.45, 2.75) is 25.3 Å². The fourth-order valence-corrected chi connectivity index (χ4v) is 3.73. The molecule has 0 amide bonds. The SMILES string of the molecule is CC1CC(CN)(N2CCSCC2)C1. The van der Waals surface area contributed by atoms with Gasteiger partial charge in [0.1, 0.15) is 0 Å². The lowest BCUT2D eigenvalue weighted by Gasteiger charge is -2.54. The molecule has 2 nitrogen and oxygen atoms in total. The Kier molecular flexibility index (Phi) is 2.86. The summed E-state index contributed by atoms with van der Waals surface area (Å²) in [7, 11) is 0. The van der Waals surface area contributed by atoms with Gasteiger partial charge in [0, 0.05) is 36.7 Å². The van der Waals surface area contributed by atoms with E-state index < -0.39 is 0 Å². The van der Waals surface area contributed by atoms with Gasteiger partial charge < -0.3 is 5.73 Å². The Morgan fingerprint density at radius 2 is 2.00 bits per heavy atom. The Morgan fingerprint density at radius 1 is 1.38 bits per heavy atom. The van der Waals surface area contributed by atoms with Gasteiger partial charge in [0.25, 0.3) is 0 Å². The lowest BCUT2D eigenvalue weighted by Crippen LogP contribution is -2.63. The molecule has 0 spiro atoms. The highest BCUT2D eigenvalue weighted by Gasteiger charge is 2.45. The molecule has 13 heavy (non-hydrogen) atoms. The zero-order chi connectivity index (χ0) is 9.31. The molecule has 2 rings (SSSR count). The zero-order valence-corrected chi connectivity index (χ0v) is 9.28. The quantitative estimate of drug-likeness (QED) is 0.725. The van der Waals surface area contributed by atoms with Crippen LogP contribution in [0.2, 0.25) is 0 Å². The number of rotatable bonds is 2. The van der Waals surface area contributed by atoms with Gasteiger partial charge in [0.05, 0.1) is 0 Å². The van der Waals surface area contributed by atoms with Crippen molar-refractivity contribution in [2.24, 2.45) is 11.7 Å². The van der Waals surface area contributed by atoms with Gasteiger partial charge in [0.15, 0.2) is 0 Å². The van der Waals surface area contributed by atoms with Crippen LogP contribution < -0.4 is 5.73 Å². The van der Waals surface area contributed by atoms with Crippen LogP contribution in [-0.4, -0.2) is 41.6 Å². The average molecular weight is 200 g/mol. The molecule has 1 aliphatic heterocycles. The minimum absolute atomic E-state index is 0.403. The van der Waals surface area contributed by atoms with Crippen LogP contribution in [0.3, 0.4) is 0 Å².